The molecule has 1 N–H and O–H groups in total. The van der Waals surface area contributed by atoms with Crippen LogP contribution >= 0.6 is 0 Å². The van der Waals surface area contributed by atoms with Gasteiger partial charge in [0.15, 0.2) is 0 Å². The van der Waals surface area contributed by atoms with E-state index in [9.17, 15) is 13.2 Å². The molecule has 1 heterocycles. The summed E-state index contributed by atoms with van der Waals surface area (Å²) in [6.07, 6.45) is 3.88. The van der Waals surface area contributed by atoms with Crippen molar-refractivity contribution in [3.05, 3.63) is 59.7 Å². The van der Waals surface area contributed by atoms with Crippen LogP contribution in [-0.2, 0) is 16.4 Å². The van der Waals surface area contributed by atoms with Gasteiger partial charge in [-0.25, -0.2) is 8.42 Å². The normalized spacial score (nSPS) is 15.1. The van der Waals surface area contributed by atoms with Crippen LogP contribution in [0.5, 0.6) is 0 Å². The van der Waals surface area contributed by atoms with Gasteiger partial charge in [-0.3, -0.25) is 4.79 Å². The molecule has 6 heteroatoms. The highest BCUT2D eigenvalue weighted by atomic mass is 32.2. The molecule has 0 aromatic heterocycles. The molecule has 0 unspecified atom stereocenters. The van der Waals surface area contributed by atoms with Gasteiger partial charge in [-0.15, -0.1) is 0 Å². The Morgan fingerprint density at radius 3 is 2.19 bits per heavy atom. The van der Waals surface area contributed by atoms with Crippen LogP contribution in [-0.4, -0.2) is 31.7 Å². The Morgan fingerprint density at radius 1 is 1.00 bits per heavy atom. The summed E-state index contributed by atoms with van der Waals surface area (Å²) in [6, 6.07) is 13.9. The third kappa shape index (κ3) is 4.14. The maximum Gasteiger partial charge on any atom is 0.255 e. The lowest BCUT2D eigenvalue weighted by Crippen LogP contribution is -2.27. The van der Waals surface area contributed by atoms with E-state index >= 15 is 0 Å². The van der Waals surface area contributed by atoms with E-state index in [1.54, 1.807) is 24.3 Å². The predicted molar refractivity (Wildman–Crippen MR) is 103 cm³/mol. The molecular weight excluding hydrogens is 348 g/mol. The van der Waals surface area contributed by atoms with Gasteiger partial charge in [0.1, 0.15) is 0 Å². The zero-order valence-corrected chi connectivity index (χ0v) is 15.8. The van der Waals surface area contributed by atoms with Crippen LogP contribution in [0.2, 0.25) is 0 Å². The lowest BCUT2D eigenvalue weighted by Gasteiger charge is -2.15. The van der Waals surface area contributed by atoms with Crippen molar-refractivity contribution in [3.63, 3.8) is 0 Å². The molecule has 1 saturated heterocycles. The van der Waals surface area contributed by atoms with Crippen LogP contribution in [0.1, 0.15) is 42.1 Å². The Morgan fingerprint density at radius 2 is 1.62 bits per heavy atom. The molecular formula is C20H24N2O3S. The summed E-state index contributed by atoms with van der Waals surface area (Å²) in [4.78, 5) is 12.6. The van der Waals surface area contributed by atoms with Crippen molar-refractivity contribution in [1.82, 2.24) is 4.31 Å². The summed E-state index contributed by atoms with van der Waals surface area (Å²) in [5, 5.41) is 2.81. The largest absolute Gasteiger partial charge is 0.322 e. The van der Waals surface area contributed by atoms with Gasteiger partial charge < -0.3 is 5.32 Å². The maximum atomic E-state index is 12.5. The molecule has 138 valence electrons. The van der Waals surface area contributed by atoms with Gasteiger partial charge in [0.25, 0.3) is 5.91 Å². The van der Waals surface area contributed by atoms with Crippen LogP contribution in [0.4, 0.5) is 5.69 Å². The average molecular weight is 372 g/mol. The van der Waals surface area contributed by atoms with Crippen molar-refractivity contribution >= 4 is 21.6 Å². The van der Waals surface area contributed by atoms with E-state index < -0.39 is 10.0 Å². The first-order valence-electron chi connectivity index (χ1n) is 9.01. The molecule has 1 amide bonds. The number of benzene rings is 2. The summed E-state index contributed by atoms with van der Waals surface area (Å²) in [6.45, 7) is 3.28. The summed E-state index contributed by atoms with van der Waals surface area (Å²) < 4.78 is 26.5. The van der Waals surface area contributed by atoms with Crippen LogP contribution in [0.3, 0.4) is 0 Å². The molecule has 1 aliphatic heterocycles. The minimum Gasteiger partial charge on any atom is -0.322 e. The third-order valence-electron chi connectivity index (χ3n) is 4.57. The van der Waals surface area contributed by atoms with Crippen LogP contribution < -0.4 is 5.32 Å². The summed E-state index contributed by atoms with van der Waals surface area (Å²) in [5.41, 5.74) is 2.37. The standard InChI is InChI=1S/C20H24N2O3S/c1-2-5-16-6-8-17(9-7-16)20(23)21-18-10-12-19(13-11-18)26(24,25)22-14-3-4-15-22/h6-13H,2-5,14-15H2,1H3,(H,21,23). The second-order valence-electron chi connectivity index (χ2n) is 6.54. The Kier molecular flexibility index (Phi) is 5.74. The number of carbonyl (C=O) groups excluding carboxylic acids is 1. The van der Waals surface area contributed by atoms with Crippen molar-refractivity contribution in [2.45, 2.75) is 37.5 Å². The number of anilines is 1. The van der Waals surface area contributed by atoms with E-state index in [0.717, 1.165) is 25.7 Å². The number of nitrogens with one attached hydrogen (secondary N) is 1. The minimum absolute atomic E-state index is 0.205. The van der Waals surface area contributed by atoms with E-state index in [1.807, 2.05) is 24.3 Å². The Balaban J connectivity index is 1.68. The zero-order chi connectivity index (χ0) is 18.6. The molecule has 26 heavy (non-hydrogen) atoms. The fourth-order valence-corrected chi connectivity index (χ4v) is 4.62. The Hall–Kier alpha value is -2.18. The first-order chi connectivity index (χ1) is 12.5. The van der Waals surface area contributed by atoms with Crippen molar-refractivity contribution < 1.29 is 13.2 Å². The first-order valence-corrected chi connectivity index (χ1v) is 10.5. The van der Waals surface area contributed by atoms with Crippen molar-refractivity contribution in [3.8, 4) is 0 Å². The number of carbonyl (C=O) groups is 1. The maximum absolute atomic E-state index is 12.5. The SMILES string of the molecule is CCCc1ccc(C(=O)Nc2ccc(S(=O)(=O)N3CCCC3)cc2)cc1. The zero-order valence-electron chi connectivity index (χ0n) is 14.9. The van der Waals surface area contributed by atoms with E-state index in [2.05, 4.69) is 12.2 Å². The number of nitrogens with zero attached hydrogens (tertiary/aromatic N) is 1. The Labute approximate surface area is 155 Å². The lowest BCUT2D eigenvalue weighted by molar-refractivity contribution is 0.102. The van der Waals surface area contributed by atoms with E-state index in [0.29, 0.717) is 24.3 Å². The molecule has 0 atom stereocenters. The molecule has 0 spiro atoms. The number of amides is 1. The number of sulfonamides is 1. The van der Waals surface area contributed by atoms with Gasteiger partial charge in [-0.05, 0) is 61.2 Å². The number of hydrogen-bond acceptors (Lipinski definition) is 3. The molecule has 0 radical (unpaired) electrons. The molecule has 2 aromatic carbocycles. The van der Waals surface area contributed by atoms with E-state index in [-0.39, 0.29) is 10.8 Å². The second-order valence-corrected chi connectivity index (χ2v) is 8.47. The number of rotatable bonds is 6. The summed E-state index contributed by atoms with van der Waals surface area (Å²) in [7, 11) is -3.43. The van der Waals surface area contributed by atoms with Gasteiger partial charge in [0.2, 0.25) is 10.0 Å². The van der Waals surface area contributed by atoms with E-state index in [1.165, 1.54) is 9.87 Å². The van der Waals surface area contributed by atoms with Crippen LogP contribution in [0, 0.1) is 0 Å². The highest BCUT2D eigenvalue weighted by Crippen LogP contribution is 2.22. The Bertz CT molecular complexity index is 853. The number of hydrogen-bond donors (Lipinski definition) is 1. The fraction of sp³-hybridized carbons (Fsp3) is 0.350. The van der Waals surface area contributed by atoms with Crippen LogP contribution in [0.25, 0.3) is 0 Å². The quantitative estimate of drug-likeness (QED) is 0.841. The molecule has 0 aliphatic carbocycles. The van der Waals surface area contributed by atoms with Gasteiger partial charge in [0.05, 0.1) is 4.90 Å². The third-order valence-corrected chi connectivity index (χ3v) is 6.48. The van der Waals surface area contributed by atoms with Crippen molar-refractivity contribution in [1.29, 1.82) is 0 Å². The topological polar surface area (TPSA) is 66.5 Å². The van der Waals surface area contributed by atoms with Crippen molar-refractivity contribution in [2.24, 2.45) is 0 Å². The van der Waals surface area contributed by atoms with Crippen molar-refractivity contribution in [2.75, 3.05) is 18.4 Å². The summed E-state index contributed by atoms with van der Waals surface area (Å²) >= 11 is 0. The molecule has 2 aromatic rings. The molecule has 0 bridgehead atoms. The summed E-state index contributed by atoms with van der Waals surface area (Å²) in [5.74, 6) is -0.205. The molecule has 0 saturated carbocycles. The van der Waals surface area contributed by atoms with Gasteiger partial charge in [0, 0.05) is 24.3 Å². The highest BCUT2D eigenvalue weighted by Gasteiger charge is 2.26. The molecule has 5 nitrogen and oxygen atoms in total. The highest BCUT2D eigenvalue weighted by molar-refractivity contribution is 7.89. The molecule has 3 rings (SSSR count). The number of aryl methyl sites for hydroxylation is 1. The van der Waals surface area contributed by atoms with Gasteiger partial charge in [-0.1, -0.05) is 25.5 Å². The minimum atomic E-state index is -3.43. The van der Waals surface area contributed by atoms with Gasteiger partial charge in [-0.2, -0.15) is 4.31 Å². The van der Waals surface area contributed by atoms with E-state index in [4.69, 9.17) is 0 Å². The van der Waals surface area contributed by atoms with Crippen LogP contribution in [0.15, 0.2) is 53.4 Å². The first kappa shape index (κ1) is 18.6. The molecule has 1 aliphatic rings. The second kappa shape index (κ2) is 8.01. The predicted octanol–water partition coefficient (Wildman–Crippen LogP) is 3.68. The smallest absolute Gasteiger partial charge is 0.255 e. The lowest BCUT2D eigenvalue weighted by atomic mass is 10.1. The monoisotopic (exact) mass is 372 g/mol. The fourth-order valence-electron chi connectivity index (χ4n) is 3.10. The molecule has 1 fully saturated rings. The van der Waals surface area contributed by atoms with Gasteiger partial charge >= 0.3 is 0 Å². The average Bonchev–Trinajstić information content (AvgIpc) is 3.19.